The number of hydrogen-bond donors (Lipinski definition) is 1. The van der Waals surface area contributed by atoms with Crippen LogP contribution < -0.4 is 5.73 Å². The quantitative estimate of drug-likeness (QED) is 0.659. The van der Waals surface area contributed by atoms with Crippen molar-refractivity contribution in [1.29, 1.82) is 0 Å². The Bertz CT molecular complexity index is 191. The van der Waals surface area contributed by atoms with E-state index in [0.717, 1.165) is 19.5 Å². The van der Waals surface area contributed by atoms with E-state index in [1.165, 1.54) is 0 Å². The van der Waals surface area contributed by atoms with Crippen LogP contribution in [0.25, 0.3) is 0 Å². The maximum Gasteiger partial charge on any atom is 0.224 e. The highest BCUT2D eigenvalue weighted by Crippen LogP contribution is 2.30. The molecule has 1 aliphatic heterocycles. The van der Waals surface area contributed by atoms with Crippen LogP contribution in [0.2, 0.25) is 0 Å². The van der Waals surface area contributed by atoms with Gasteiger partial charge in [-0.2, -0.15) is 0 Å². The van der Waals surface area contributed by atoms with Crippen LogP contribution >= 0.6 is 0 Å². The molecule has 0 aliphatic carbocycles. The molecule has 0 aromatic rings. The molecule has 1 heterocycles. The molecular formula is C9H18N2O. The molecule has 3 nitrogen and oxygen atoms in total. The molecule has 3 heteroatoms. The van der Waals surface area contributed by atoms with E-state index >= 15 is 0 Å². The highest BCUT2D eigenvalue weighted by molar-refractivity contribution is 5.81. The molecule has 0 spiro atoms. The van der Waals surface area contributed by atoms with Gasteiger partial charge in [-0.05, 0) is 33.7 Å². The molecule has 1 aliphatic rings. The van der Waals surface area contributed by atoms with Crippen molar-refractivity contribution in [2.24, 2.45) is 11.1 Å². The van der Waals surface area contributed by atoms with Gasteiger partial charge in [0.1, 0.15) is 0 Å². The Morgan fingerprint density at radius 2 is 2.17 bits per heavy atom. The Morgan fingerprint density at radius 1 is 1.58 bits per heavy atom. The van der Waals surface area contributed by atoms with Gasteiger partial charge >= 0.3 is 0 Å². The zero-order valence-corrected chi connectivity index (χ0v) is 8.13. The predicted octanol–water partition coefficient (Wildman–Crippen LogP) is 0.592. The van der Waals surface area contributed by atoms with Crippen LogP contribution in [0.15, 0.2) is 0 Å². The number of hydrogen-bond acceptors (Lipinski definition) is 2. The second-order valence-electron chi connectivity index (χ2n) is 4.24. The average molecular weight is 170 g/mol. The zero-order chi connectivity index (χ0) is 9.35. The summed E-state index contributed by atoms with van der Waals surface area (Å²) in [5.41, 5.74) is 5.04. The van der Waals surface area contributed by atoms with Gasteiger partial charge in [0.25, 0.3) is 0 Å². The highest BCUT2D eigenvalue weighted by Gasteiger charge is 2.39. The summed E-state index contributed by atoms with van der Waals surface area (Å²) in [6.45, 7) is 8.06. The predicted molar refractivity (Wildman–Crippen MR) is 48.6 cm³/mol. The molecule has 0 radical (unpaired) electrons. The Balaban J connectivity index is 2.61. The van der Waals surface area contributed by atoms with Gasteiger partial charge in [0.2, 0.25) is 5.91 Å². The molecule has 1 unspecified atom stereocenters. The van der Waals surface area contributed by atoms with Crippen molar-refractivity contribution in [3.05, 3.63) is 0 Å². The Hall–Kier alpha value is -0.570. The normalized spacial score (nSPS) is 31.3. The first kappa shape index (κ1) is 9.52. The minimum Gasteiger partial charge on any atom is -0.369 e. The van der Waals surface area contributed by atoms with E-state index in [9.17, 15) is 4.79 Å². The van der Waals surface area contributed by atoms with Crippen molar-refractivity contribution < 1.29 is 4.79 Å². The number of carbonyl (C=O) groups excluding carboxylic acids is 1. The van der Waals surface area contributed by atoms with Gasteiger partial charge in [0.05, 0.1) is 5.41 Å². The molecule has 2 N–H and O–H groups in total. The number of likely N-dealkylation sites (tertiary alicyclic amines) is 1. The van der Waals surface area contributed by atoms with E-state index in [4.69, 9.17) is 5.73 Å². The van der Waals surface area contributed by atoms with Crippen molar-refractivity contribution in [1.82, 2.24) is 4.90 Å². The van der Waals surface area contributed by atoms with Crippen LogP contribution in [0.1, 0.15) is 27.2 Å². The van der Waals surface area contributed by atoms with Gasteiger partial charge < -0.3 is 5.73 Å². The zero-order valence-electron chi connectivity index (χ0n) is 8.13. The van der Waals surface area contributed by atoms with Crippen molar-refractivity contribution in [3.8, 4) is 0 Å². The molecule has 0 aromatic heterocycles. The molecule has 1 fully saturated rings. The first-order valence-electron chi connectivity index (χ1n) is 4.50. The SMILES string of the molecule is CC(C)N1CCC(C)(C(N)=O)C1. The lowest BCUT2D eigenvalue weighted by molar-refractivity contribution is -0.126. The number of nitrogens with two attached hydrogens (primary N) is 1. The lowest BCUT2D eigenvalue weighted by Gasteiger charge is -2.23. The molecule has 0 bridgehead atoms. The first-order valence-corrected chi connectivity index (χ1v) is 4.50. The van der Waals surface area contributed by atoms with E-state index in [1.54, 1.807) is 0 Å². The fraction of sp³-hybridized carbons (Fsp3) is 0.889. The molecular weight excluding hydrogens is 152 g/mol. The standard InChI is InChI=1S/C9H18N2O/c1-7(2)11-5-4-9(3,6-11)8(10)12/h7H,4-6H2,1-3H3,(H2,10,12). The Labute approximate surface area is 73.9 Å². The number of carbonyl (C=O) groups is 1. The summed E-state index contributed by atoms with van der Waals surface area (Å²) in [6.07, 6.45) is 0.903. The topological polar surface area (TPSA) is 46.3 Å². The Kier molecular flexibility index (Phi) is 2.42. The van der Waals surface area contributed by atoms with Crippen LogP contribution in [-0.2, 0) is 4.79 Å². The molecule has 1 atom stereocenters. The number of nitrogens with zero attached hydrogens (tertiary/aromatic N) is 1. The Morgan fingerprint density at radius 3 is 2.42 bits per heavy atom. The maximum absolute atomic E-state index is 11.1. The highest BCUT2D eigenvalue weighted by atomic mass is 16.1. The molecule has 1 rings (SSSR count). The van der Waals surface area contributed by atoms with Gasteiger partial charge in [-0.15, -0.1) is 0 Å². The number of primary amides is 1. The molecule has 0 saturated carbocycles. The summed E-state index contributed by atoms with van der Waals surface area (Å²) in [5.74, 6) is -0.161. The summed E-state index contributed by atoms with van der Waals surface area (Å²) < 4.78 is 0. The van der Waals surface area contributed by atoms with Crippen molar-refractivity contribution in [2.75, 3.05) is 13.1 Å². The van der Waals surface area contributed by atoms with Crippen LogP contribution in [0.3, 0.4) is 0 Å². The minimum absolute atomic E-state index is 0.161. The molecule has 12 heavy (non-hydrogen) atoms. The van der Waals surface area contributed by atoms with Crippen molar-refractivity contribution in [3.63, 3.8) is 0 Å². The van der Waals surface area contributed by atoms with Gasteiger partial charge in [-0.3, -0.25) is 9.69 Å². The summed E-state index contributed by atoms with van der Waals surface area (Å²) >= 11 is 0. The third-order valence-electron chi connectivity index (χ3n) is 2.83. The number of amides is 1. The van der Waals surface area contributed by atoms with Crippen LogP contribution in [0, 0.1) is 5.41 Å². The summed E-state index contributed by atoms with van der Waals surface area (Å²) in [4.78, 5) is 13.4. The second kappa shape index (κ2) is 3.05. The number of rotatable bonds is 2. The van der Waals surface area contributed by atoms with E-state index in [2.05, 4.69) is 18.7 Å². The monoisotopic (exact) mass is 170 g/mol. The third kappa shape index (κ3) is 1.61. The third-order valence-corrected chi connectivity index (χ3v) is 2.83. The van der Waals surface area contributed by atoms with Crippen LogP contribution in [-0.4, -0.2) is 29.9 Å². The summed E-state index contributed by atoms with van der Waals surface area (Å²) in [7, 11) is 0. The molecule has 0 aromatic carbocycles. The fourth-order valence-electron chi connectivity index (χ4n) is 1.64. The second-order valence-corrected chi connectivity index (χ2v) is 4.24. The van der Waals surface area contributed by atoms with Gasteiger partial charge in [0, 0.05) is 12.6 Å². The van der Waals surface area contributed by atoms with Gasteiger partial charge in [-0.25, -0.2) is 0 Å². The van der Waals surface area contributed by atoms with E-state index in [0.29, 0.717) is 6.04 Å². The lowest BCUT2D eigenvalue weighted by Crippen LogP contribution is -2.38. The average Bonchev–Trinajstić information content (AvgIpc) is 2.33. The van der Waals surface area contributed by atoms with Gasteiger partial charge in [0.15, 0.2) is 0 Å². The lowest BCUT2D eigenvalue weighted by atomic mass is 9.89. The van der Waals surface area contributed by atoms with Crippen molar-refractivity contribution in [2.45, 2.75) is 33.2 Å². The smallest absolute Gasteiger partial charge is 0.224 e. The largest absolute Gasteiger partial charge is 0.369 e. The van der Waals surface area contributed by atoms with E-state index in [-0.39, 0.29) is 11.3 Å². The van der Waals surface area contributed by atoms with Crippen LogP contribution in [0.5, 0.6) is 0 Å². The maximum atomic E-state index is 11.1. The minimum atomic E-state index is -0.287. The van der Waals surface area contributed by atoms with E-state index < -0.39 is 0 Å². The first-order chi connectivity index (χ1) is 5.46. The van der Waals surface area contributed by atoms with Gasteiger partial charge in [-0.1, -0.05) is 0 Å². The van der Waals surface area contributed by atoms with E-state index in [1.807, 2.05) is 6.92 Å². The fourth-order valence-corrected chi connectivity index (χ4v) is 1.64. The molecule has 70 valence electrons. The van der Waals surface area contributed by atoms with Crippen LogP contribution in [0.4, 0.5) is 0 Å². The molecule has 1 amide bonds. The summed E-state index contributed by atoms with van der Waals surface area (Å²) in [6, 6.07) is 0.520. The summed E-state index contributed by atoms with van der Waals surface area (Å²) in [5, 5.41) is 0. The van der Waals surface area contributed by atoms with Crippen molar-refractivity contribution >= 4 is 5.91 Å². The molecule has 1 saturated heterocycles.